The first-order valence-corrected chi connectivity index (χ1v) is 12.3. The van der Waals surface area contributed by atoms with Gasteiger partial charge in [0.25, 0.3) is 6.01 Å². The van der Waals surface area contributed by atoms with Crippen LogP contribution in [0.1, 0.15) is 25.0 Å². The van der Waals surface area contributed by atoms with Gasteiger partial charge in [-0.1, -0.05) is 6.07 Å². The molecule has 0 bridgehead atoms. The minimum atomic E-state index is -0.463. The number of hydrogen-bond acceptors (Lipinski definition) is 8. The summed E-state index contributed by atoms with van der Waals surface area (Å²) in [5.74, 6) is 0.610. The number of benzene rings is 1. The van der Waals surface area contributed by atoms with E-state index < -0.39 is 5.82 Å². The van der Waals surface area contributed by atoms with E-state index in [1.54, 1.807) is 18.5 Å². The molecule has 0 unspecified atom stereocenters. The van der Waals surface area contributed by atoms with Crippen LogP contribution in [0.5, 0.6) is 11.8 Å². The third-order valence-electron chi connectivity index (χ3n) is 6.55. The van der Waals surface area contributed by atoms with Crippen molar-refractivity contribution in [2.45, 2.75) is 32.7 Å². The van der Waals surface area contributed by atoms with Crippen LogP contribution in [0, 0.1) is 12.7 Å². The lowest BCUT2D eigenvalue weighted by Gasteiger charge is -2.18. The van der Waals surface area contributed by atoms with Gasteiger partial charge in [0.1, 0.15) is 18.2 Å². The standard InChI is InChI=1S/C28H26FN7O2/c1-16-8-18(12-30-11-16)21-9-17(4-5-22(21)37)6-7-32-25-23-26(36-27(33-23)38-15-28(36,2)3)35-24(34-25)19-10-20(29)14-31-13-19/h4-5,8-14,37H,6-7,15H2,1-3H3,(H,32,34,35). The van der Waals surface area contributed by atoms with Gasteiger partial charge in [0.05, 0.1) is 11.7 Å². The summed E-state index contributed by atoms with van der Waals surface area (Å²) in [5, 5.41) is 13.8. The van der Waals surface area contributed by atoms with Crippen molar-refractivity contribution < 1.29 is 14.2 Å². The first kappa shape index (κ1) is 23.8. The molecule has 6 rings (SSSR count). The maximum atomic E-state index is 14.0. The zero-order valence-electron chi connectivity index (χ0n) is 21.2. The van der Waals surface area contributed by atoms with Crippen molar-refractivity contribution in [2.24, 2.45) is 0 Å². The van der Waals surface area contributed by atoms with Gasteiger partial charge in [-0.15, -0.1) is 0 Å². The molecule has 0 radical (unpaired) electrons. The molecule has 0 spiro atoms. The fourth-order valence-corrected chi connectivity index (χ4v) is 4.67. The maximum absolute atomic E-state index is 14.0. The Morgan fingerprint density at radius 1 is 1.03 bits per heavy atom. The summed E-state index contributed by atoms with van der Waals surface area (Å²) >= 11 is 0. The first-order valence-electron chi connectivity index (χ1n) is 12.3. The van der Waals surface area contributed by atoms with Gasteiger partial charge in [0.15, 0.2) is 22.8 Å². The summed E-state index contributed by atoms with van der Waals surface area (Å²) in [4.78, 5) is 22.3. The first-order chi connectivity index (χ1) is 18.3. The number of halogens is 1. The molecule has 1 aromatic carbocycles. The largest absolute Gasteiger partial charge is 0.507 e. The second-order valence-electron chi connectivity index (χ2n) is 10.1. The third-order valence-corrected chi connectivity index (χ3v) is 6.55. The molecular formula is C28H26FN7O2. The second-order valence-corrected chi connectivity index (χ2v) is 10.1. The maximum Gasteiger partial charge on any atom is 0.299 e. The molecular weight excluding hydrogens is 485 g/mol. The van der Waals surface area contributed by atoms with Gasteiger partial charge in [0, 0.05) is 41.8 Å². The summed E-state index contributed by atoms with van der Waals surface area (Å²) < 4.78 is 21.7. The minimum absolute atomic E-state index is 0.204. The molecule has 10 heteroatoms. The highest BCUT2D eigenvalue weighted by molar-refractivity contribution is 5.86. The van der Waals surface area contributed by atoms with E-state index in [9.17, 15) is 9.50 Å². The molecule has 5 heterocycles. The Hall–Kier alpha value is -4.60. The van der Waals surface area contributed by atoms with Crippen molar-refractivity contribution >= 4 is 17.0 Å². The van der Waals surface area contributed by atoms with Crippen molar-refractivity contribution in [2.75, 3.05) is 18.5 Å². The van der Waals surface area contributed by atoms with E-state index in [-0.39, 0.29) is 11.3 Å². The Kier molecular flexibility index (Phi) is 5.67. The lowest BCUT2D eigenvalue weighted by molar-refractivity contribution is 0.268. The van der Waals surface area contributed by atoms with Crippen LogP contribution in [0.25, 0.3) is 33.7 Å². The highest BCUT2D eigenvalue weighted by Gasteiger charge is 2.36. The Morgan fingerprint density at radius 2 is 1.84 bits per heavy atom. The molecule has 5 aromatic rings. The second kappa shape index (κ2) is 9.05. The molecule has 9 nitrogen and oxygen atoms in total. The number of aryl methyl sites for hydroxylation is 1. The molecule has 4 aromatic heterocycles. The molecule has 0 aliphatic carbocycles. The Morgan fingerprint density at radius 3 is 2.66 bits per heavy atom. The molecule has 1 aliphatic rings. The number of nitrogens with one attached hydrogen (secondary N) is 1. The van der Waals surface area contributed by atoms with Crippen LogP contribution < -0.4 is 10.1 Å². The number of fused-ring (bicyclic) bond motifs is 3. The quantitative estimate of drug-likeness (QED) is 0.332. The molecule has 0 saturated heterocycles. The molecule has 0 atom stereocenters. The Labute approximate surface area is 218 Å². The summed E-state index contributed by atoms with van der Waals surface area (Å²) in [6, 6.07) is 9.39. The van der Waals surface area contributed by atoms with Crippen LogP contribution in [0.4, 0.5) is 10.2 Å². The smallest absolute Gasteiger partial charge is 0.299 e. The average Bonchev–Trinajstić information content (AvgIpc) is 3.42. The van der Waals surface area contributed by atoms with Crippen LogP contribution in [-0.2, 0) is 12.0 Å². The molecule has 1 aliphatic heterocycles. The van der Waals surface area contributed by atoms with E-state index in [2.05, 4.69) is 39.1 Å². The number of nitrogens with zero attached hydrogens (tertiary/aromatic N) is 6. The monoisotopic (exact) mass is 511 g/mol. The molecule has 2 N–H and O–H groups in total. The summed E-state index contributed by atoms with van der Waals surface area (Å²) in [5.41, 5.74) is 4.95. The van der Waals surface area contributed by atoms with Gasteiger partial charge in [-0.25, -0.2) is 14.4 Å². The molecule has 38 heavy (non-hydrogen) atoms. The zero-order valence-corrected chi connectivity index (χ0v) is 21.2. The molecule has 0 saturated carbocycles. The number of hydrogen-bond donors (Lipinski definition) is 2. The van der Waals surface area contributed by atoms with Gasteiger partial charge in [-0.05, 0) is 62.6 Å². The number of phenolic OH excluding ortho intramolecular Hbond substituents is 1. The highest BCUT2D eigenvalue weighted by atomic mass is 19.1. The van der Waals surface area contributed by atoms with E-state index in [1.165, 1.54) is 12.3 Å². The predicted molar refractivity (Wildman–Crippen MR) is 142 cm³/mol. The number of imidazole rings is 1. The Balaban J connectivity index is 1.33. The van der Waals surface area contributed by atoms with Crippen molar-refractivity contribution in [1.29, 1.82) is 0 Å². The number of aromatic hydroxyl groups is 1. The van der Waals surface area contributed by atoms with Crippen LogP contribution in [0.15, 0.2) is 55.1 Å². The summed E-state index contributed by atoms with van der Waals surface area (Å²) in [6.45, 7) is 7.09. The topological polar surface area (TPSA) is 111 Å². The fourth-order valence-electron chi connectivity index (χ4n) is 4.67. The summed E-state index contributed by atoms with van der Waals surface area (Å²) in [6.07, 6.45) is 6.86. The number of aromatic nitrogens is 6. The lowest BCUT2D eigenvalue weighted by Crippen LogP contribution is -2.25. The van der Waals surface area contributed by atoms with Crippen molar-refractivity contribution in [1.82, 2.24) is 29.5 Å². The van der Waals surface area contributed by atoms with Crippen LogP contribution in [0.3, 0.4) is 0 Å². The van der Waals surface area contributed by atoms with Crippen molar-refractivity contribution in [3.8, 4) is 34.3 Å². The number of rotatable bonds is 6. The normalized spacial score (nSPS) is 13.9. The molecule has 192 valence electrons. The van der Waals surface area contributed by atoms with Crippen LogP contribution in [0.2, 0.25) is 0 Å². The molecule has 0 fully saturated rings. The number of phenols is 1. The number of pyridine rings is 2. The lowest BCUT2D eigenvalue weighted by atomic mass is 10.0. The van der Waals surface area contributed by atoms with Crippen LogP contribution in [-0.4, -0.2) is 47.7 Å². The van der Waals surface area contributed by atoms with E-state index in [0.717, 1.165) is 28.5 Å². The zero-order chi connectivity index (χ0) is 26.4. The SMILES string of the molecule is Cc1cncc(-c2cc(CCNc3nc(-c4cncc(F)c4)nc4c3nc3n4C(C)(C)CO3)ccc2O)c1. The van der Waals surface area contributed by atoms with Crippen LogP contribution >= 0.6 is 0 Å². The van der Waals surface area contributed by atoms with Crippen molar-refractivity contribution in [3.05, 3.63) is 72.1 Å². The van der Waals surface area contributed by atoms with Crippen molar-refractivity contribution in [3.63, 3.8) is 0 Å². The van der Waals surface area contributed by atoms with E-state index >= 15 is 0 Å². The van der Waals surface area contributed by atoms with E-state index in [0.29, 0.717) is 54.0 Å². The van der Waals surface area contributed by atoms with Gasteiger partial charge < -0.3 is 15.2 Å². The van der Waals surface area contributed by atoms with Gasteiger partial charge in [-0.3, -0.25) is 14.5 Å². The third kappa shape index (κ3) is 4.27. The molecule has 0 amide bonds. The summed E-state index contributed by atoms with van der Waals surface area (Å²) in [7, 11) is 0. The number of ether oxygens (including phenoxy) is 1. The minimum Gasteiger partial charge on any atom is -0.507 e. The van der Waals surface area contributed by atoms with Gasteiger partial charge >= 0.3 is 0 Å². The Bertz CT molecular complexity index is 1680. The van der Waals surface area contributed by atoms with E-state index in [4.69, 9.17) is 9.72 Å². The highest BCUT2D eigenvalue weighted by Crippen LogP contribution is 2.37. The van der Waals surface area contributed by atoms with Gasteiger partial charge in [-0.2, -0.15) is 4.98 Å². The predicted octanol–water partition coefficient (Wildman–Crippen LogP) is 4.89. The van der Waals surface area contributed by atoms with E-state index in [1.807, 2.05) is 29.7 Å². The number of anilines is 1. The van der Waals surface area contributed by atoms with Gasteiger partial charge in [0.2, 0.25) is 0 Å². The fraction of sp³-hybridized carbons (Fsp3) is 0.250. The average molecular weight is 512 g/mol.